The van der Waals surface area contributed by atoms with Gasteiger partial charge in [-0.05, 0) is 37.5 Å². The summed E-state index contributed by atoms with van der Waals surface area (Å²) in [5, 5.41) is 12.1. The lowest BCUT2D eigenvalue weighted by atomic mass is 9.78. The molecule has 1 aliphatic carbocycles. The van der Waals surface area contributed by atoms with E-state index >= 15 is 0 Å². The quantitative estimate of drug-likeness (QED) is 0.769. The van der Waals surface area contributed by atoms with E-state index in [9.17, 15) is 0 Å². The smallest absolute Gasteiger partial charge is 0.160 e. The lowest BCUT2D eigenvalue weighted by molar-refractivity contribution is 0.466. The summed E-state index contributed by atoms with van der Waals surface area (Å²) in [6.07, 6.45) is 10.4. The summed E-state index contributed by atoms with van der Waals surface area (Å²) < 4.78 is 1.85. The summed E-state index contributed by atoms with van der Waals surface area (Å²) in [4.78, 5) is 4.04. The highest BCUT2D eigenvalue weighted by atomic mass is 15.2. The zero-order valence-corrected chi connectivity index (χ0v) is 14.5. The van der Waals surface area contributed by atoms with Crippen molar-refractivity contribution in [3.05, 3.63) is 66.2 Å². The zero-order valence-electron chi connectivity index (χ0n) is 14.5. The van der Waals surface area contributed by atoms with Gasteiger partial charge in [0.1, 0.15) is 12.1 Å². The van der Waals surface area contributed by atoms with Crippen molar-refractivity contribution in [3.63, 3.8) is 0 Å². The van der Waals surface area contributed by atoms with Gasteiger partial charge in [-0.2, -0.15) is 0 Å². The number of rotatable bonds is 5. The van der Waals surface area contributed by atoms with Crippen molar-refractivity contribution in [2.75, 3.05) is 11.9 Å². The molecule has 0 amide bonds. The van der Waals surface area contributed by atoms with Crippen LogP contribution in [0.15, 0.2) is 55.1 Å². The Kier molecular flexibility index (Phi) is 4.22. The summed E-state index contributed by atoms with van der Waals surface area (Å²) in [5.74, 6) is 1.60. The Labute approximate surface area is 148 Å². The molecule has 5 heteroatoms. The van der Waals surface area contributed by atoms with Crippen LogP contribution in [0.1, 0.15) is 36.8 Å². The zero-order chi connectivity index (χ0) is 17.1. The van der Waals surface area contributed by atoms with E-state index in [1.54, 1.807) is 12.5 Å². The monoisotopic (exact) mass is 333 g/mol. The summed E-state index contributed by atoms with van der Waals surface area (Å²) >= 11 is 0. The molecule has 1 aliphatic rings. The van der Waals surface area contributed by atoms with Crippen molar-refractivity contribution in [1.29, 1.82) is 0 Å². The number of hydrogen-bond acceptors (Lipinski definition) is 4. The van der Waals surface area contributed by atoms with Crippen molar-refractivity contribution in [2.24, 2.45) is 0 Å². The van der Waals surface area contributed by atoms with Crippen LogP contribution in [0.3, 0.4) is 0 Å². The number of hydrogen-bond donors (Lipinski definition) is 1. The molecule has 2 aromatic heterocycles. The van der Waals surface area contributed by atoms with E-state index in [1.165, 1.54) is 36.8 Å². The molecule has 1 aromatic carbocycles. The first-order valence-corrected chi connectivity index (χ1v) is 8.88. The largest absolute Gasteiger partial charge is 0.368 e. The molecular formula is C20H23N5. The second-order valence-corrected chi connectivity index (χ2v) is 6.96. The number of anilines is 1. The molecule has 1 saturated carbocycles. The van der Waals surface area contributed by atoms with Crippen molar-refractivity contribution < 1.29 is 0 Å². The third-order valence-corrected chi connectivity index (χ3v) is 5.22. The Bertz CT molecular complexity index is 818. The molecule has 3 aromatic rings. The topological polar surface area (TPSA) is 55.6 Å². The predicted molar refractivity (Wildman–Crippen MR) is 99.0 cm³/mol. The van der Waals surface area contributed by atoms with Gasteiger partial charge in [0.15, 0.2) is 5.82 Å². The Morgan fingerprint density at radius 3 is 2.68 bits per heavy atom. The van der Waals surface area contributed by atoms with Crippen LogP contribution in [0.2, 0.25) is 0 Å². The molecule has 2 heterocycles. The maximum atomic E-state index is 4.33. The number of benzene rings is 1. The molecule has 25 heavy (non-hydrogen) atoms. The number of imidazole rings is 1. The average Bonchev–Trinajstić information content (AvgIpc) is 3.33. The normalized spacial score (nSPS) is 16.0. The van der Waals surface area contributed by atoms with Gasteiger partial charge in [0.2, 0.25) is 0 Å². The second kappa shape index (κ2) is 6.67. The highest BCUT2D eigenvalue weighted by Crippen LogP contribution is 2.41. The molecule has 0 spiro atoms. The molecule has 128 valence electrons. The van der Waals surface area contributed by atoms with Crippen LogP contribution in [0.5, 0.6) is 0 Å². The molecule has 5 nitrogen and oxygen atoms in total. The van der Waals surface area contributed by atoms with Crippen LogP contribution in [0, 0.1) is 6.92 Å². The number of nitrogens with one attached hydrogen (secondary N) is 1. The van der Waals surface area contributed by atoms with E-state index in [0.717, 1.165) is 18.2 Å². The lowest BCUT2D eigenvalue weighted by Crippen LogP contribution is -2.31. The maximum Gasteiger partial charge on any atom is 0.160 e. The number of aryl methyl sites for hydroxylation is 1. The van der Waals surface area contributed by atoms with E-state index in [0.29, 0.717) is 0 Å². The Morgan fingerprint density at radius 1 is 1.12 bits per heavy atom. The van der Waals surface area contributed by atoms with E-state index < -0.39 is 0 Å². The average molecular weight is 333 g/mol. The summed E-state index contributed by atoms with van der Waals surface area (Å²) in [6, 6.07) is 12.9. The first kappa shape index (κ1) is 15.8. The minimum atomic E-state index is 0.205. The Morgan fingerprint density at radius 2 is 2.00 bits per heavy atom. The fraction of sp³-hybridized carbons (Fsp3) is 0.350. The van der Waals surface area contributed by atoms with Crippen LogP contribution in [-0.4, -0.2) is 26.3 Å². The molecule has 1 fully saturated rings. The molecule has 0 radical (unpaired) electrons. The third-order valence-electron chi connectivity index (χ3n) is 5.22. The van der Waals surface area contributed by atoms with Crippen molar-refractivity contribution >= 4 is 5.82 Å². The molecular weight excluding hydrogens is 310 g/mol. The Balaban J connectivity index is 1.50. The molecule has 0 atom stereocenters. The first-order valence-electron chi connectivity index (χ1n) is 8.88. The summed E-state index contributed by atoms with van der Waals surface area (Å²) in [6.45, 7) is 3.06. The highest BCUT2D eigenvalue weighted by Gasteiger charge is 2.35. The van der Waals surface area contributed by atoms with Gasteiger partial charge >= 0.3 is 0 Å². The van der Waals surface area contributed by atoms with Crippen molar-refractivity contribution in [3.8, 4) is 5.82 Å². The fourth-order valence-corrected chi connectivity index (χ4v) is 3.81. The summed E-state index contributed by atoms with van der Waals surface area (Å²) in [7, 11) is 0. The second-order valence-electron chi connectivity index (χ2n) is 6.96. The fourth-order valence-electron chi connectivity index (χ4n) is 3.81. The minimum absolute atomic E-state index is 0.205. The van der Waals surface area contributed by atoms with Crippen LogP contribution in [-0.2, 0) is 5.41 Å². The maximum absolute atomic E-state index is 4.33. The van der Waals surface area contributed by atoms with Gasteiger partial charge in [-0.25, -0.2) is 4.98 Å². The van der Waals surface area contributed by atoms with Gasteiger partial charge in [-0.1, -0.05) is 42.7 Å². The Hall–Kier alpha value is -2.69. The van der Waals surface area contributed by atoms with Gasteiger partial charge in [0, 0.05) is 24.4 Å². The molecule has 0 bridgehead atoms. The van der Waals surface area contributed by atoms with Gasteiger partial charge in [-0.15, -0.1) is 10.2 Å². The minimum Gasteiger partial charge on any atom is -0.368 e. The van der Waals surface area contributed by atoms with Crippen LogP contribution in [0.25, 0.3) is 5.82 Å². The van der Waals surface area contributed by atoms with Gasteiger partial charge in [0.05, 0.1) is 0 Å². The van der Waals surface area contributed by atoms with Gasteiger partial charge in [-0.3, -0.25) is 4.57 Å². The standard InChI is InChI=1S/C20H23N5/c1-16-5-4-6-17(13-16)20(9-2-3-10-20)14-22-18-7-8-19(24-23-18)25-12-11-21-15-25/h4-8,11-13,15H,2-3,9-10,14H2,1H3,(H,22,23). The molecule has 0 unspecified atom stereocenters. The van der Waals surface area contributed by atoms with Crippen LogP contribution in [0.4, 0.5) is 5.82 Å². The van der Waals surface area contributed by atoms with Crippen molar-refractivity contribution in [2.45, 2.75) is 38.0 Å². The van der Waals surface area contributed by atoms with Crippen LogP contribution >= 0.6 is 0 Å². The van der Waals surface area contributed by atoms with Gasteiger partial charge in [0.25, 0.3) is 0 Å². The molecule has 4 rings (SSSR count). The highest BCUT2D eigenvalue weighted by molar-refractivity contribution is 5.39. The van der Waals surface area contributed by atoms with Crippen LogP contribution < -0.4 is 5.32 Å². The molecule has 0 saturated heterocycles. The number of nitrogens with zero attached hydrogens (tertiary/aromatic N) is 4. The SMILES string of the molecule is Cc1cccc(C2(CNc3ccc(-n4ccnc4)nn3)CCCC2)c1. The van der Waals surface area contributed by atoms with E-state index in [2.05, 4.69) is 51.7 Å². The van der Waals surface area contributed by atoms with E-state index in [4.69, 9.17) is 0 Å². The molecule has 0 aliphatic heterocycles. The lowest BCUT2D eigenvalue weighted by Gasteiger charge is -2.30. The third kappa shape index (κ3) is 3.27. The van der Waals surface area contributed by atoms with E-state index in [-0.39, 0.29) is 5.41 Å². The molecule has 1 N–H and O–H groups in total. The van der Waals surface area contributed by atoms with Crippen molar-refractivity contribution in [1.82, 2.24) is 19.7 Å². The van der Waals surface area contributed by atoms with E-state index in [1.807, 2.05) is 22.9 Å². The number of aromatic nitrogens is 4. The summed E-state index contributed by atoms with van der Waals surface area (Å²) in [5.41, 5.74) is 2.98. The first-order chi connectivity index (χ1) is 12.3. The predicted octanol–water partition coefficient (Wildman–Crippen LogP) is 3.89. The van der Waals surface area contributed by atoms with Gasteiger partial charge < -0.3 is 5.32 Å².